The van der Waals surface area contributed by atoms with Crippen molar-refractivity contribution in [2.45, 2.75) is 0 Å². The maximum atomic E-state index is 6.23. The van der Waals surface area contributed by atoms with Gasteiger partial charge in [0.2, 0.25) is 5.88 Å². The molecule has 4 rings (SSSR count). The first-order valence-electron chi connectivity index (χ1n) is 7.51. The Morgan fingerprint density at radius 2 is 1.64 bits per heavy atom. The standard InChI is InChI=1S/C19H11Cl2N3O/c20-13-5-6-17(15(21)11-13)25-19-14-3-1-2-4-16(14)23-18(24-19)12-7-9-22-10-8-12/h1-11H. The first-order chi connectivity index (χ1) is 12.2. The smallest absolute Gasteiger partial charge is 0.230 e. The van der Waals surface area contributed by atoms with Crippen molar-refractivity contribution in [1.29, 1.82) is 0 Å². The van der Waals surface area contributed by atoms with Gasteiger partial charge < -0.3 is 4.74 Å². The fourth-order valence-corrected chi connectivity index (χ4v) is 2.86. The largest absolute Gasteiger partial charge is 0.437 e. The van der Waals surface area contributed by atoms with Gasteiger partial charge in [0.05, 0.1) is 15.9 Å². The van der Waals surface area contributed by atoms with E-state index in [-0.39, 0.29) is 0 Å². The predicted octanol–water partition coefficient (Wildman–Crippen LogP) is 5.79. The first kappa shape index (κ1) is 15.8. The Morgan fingerprint density at radius 3 is 2.44 bits per heavy atom. The quantitative estimate of drug-likeness (QED) is 0.459. The summed E-state index contributed by atoms with van der Waals surface area (Å²) in [4.78, 5) is 13.2. The lowest BCUT2D eigenvalue weighted by molar-refractivity contribution is 0.469. The highest BCUT2D eigenvalue weighted by Gasteiger charge is 2.13. The van der Waals surface area contributed by atoms with Crippen molar-refractivity contribution in [3.63, 3.8) is 0 Å². The van der Waals surface area contributed by atoms with Crippen LogP contribution in [0.1, 0.15) is 0 Å². The number of fused-ring (bicyclic) bond motifs is 1. The van der Waals surface area contributed by atoms with Crippen LogP contribution in [0.3, 0.4) is 0 Å². The molecule has 4 aromatic rings. The van der Waals surface area contributed by atoms with Crippen molar-refractivity contribution < 1.29 is 4.74 Å². The van der Waals surface area contributed by atoms with E-state index < -0.39 is 0 Å². The monoisotopic (exact) mass is 367 g/mol. The number of halogens is 2. The summed E-state index contributed by atoms with van der Waals surface area (Å²) in [7, 11) is 0. The van der Waals surface area contributed by atoms with Crippen LogP contribution in [0.5, 0.6) is 11.6 Å². The molecule has 2 aromatic carbocycles. The van der Waals surface area contributed by atoms with Crippen molar-refractivity contribution in [3.05, 3.63) is 77.0 Å². The number of pyridine rings is 1. The van der Waals surface area contributed by atoms with Crippen LogP contribution in [0.25, 0.3) is 22.3 Å². The van der Waals surface area contributed by atoms with Gasteiger partial charge in [-0.2, -0.15) is 4.98 Å². The molecule has 122 valence electrons. The van der Waals surface area contributed by atoms with E-state index in [1.165, 1.54) is 0 Å². The fraction of sp³-hybridized carbons (Fsp3) is 0. The molecular formula is C19H11Cl2N3O. The van der Waals surface area contributed by atoms with Crippen molar-refractivity contribution in [2.24, 2.45) is 0 Å². The van der Waals surface area contributed by atoms with Crippen molar-refractivity contribution in [2.75, 3.05) is 0 Å². The molecule has 2 aromatic heterocycles. The lowest BCUT2D eigenvalue weighted by atomic mass is 10.2. The Morgan fingerprint density at radius 1 is 0.840 bits per heavy atom. The third-order valence-electron chi connectivity index (χ3n) is 3.61. The number of para-hydroxylation sites is 1. The molecule has 0 fully saturated rings. The number of hydrogen-bond donors (Lipinski definition) is 0. The van der Waals surface area contributed by atoms with E-state index in [0.717, 1.165) is 16.5 Å². The molecule has 0 atom stereocenters. The third-order valence-corrected chi connectivity index (χ3v) is 4.14. The summed E-state index contributed by atoms with van der Waals surface area (Å²) in [5.74, 6) is 1.47. The highest BCUT2D eigenvalue weighted by molar-refractivity contribution is 6.35. The molecule has 0 unspecified atom stereocenters. The molecule has 0 aliphatic carbocycles. The fourth-order valence-electron chi connectivity index (χ4n) is 2.42. The summed E-state index contributed by atoms with van der Waals surface area (Å²) in [6.45, 7) is 0. The van der Waals surface area contributed by atoms with Crippen LogP contribution in [0, 0.1) is 0 Å². The normalized spacial score (nSPS) is 10.8. The minimum atomic E-state index is 0.417. The molecule has 0 saturated carbocycles. The maximum Gasteiger partial charge on any atom is 0.230 e. The summed E-state index contributed by atoms with van der Waals surface area (Å²) in [6.07, 6.45) is 3.40. The molecule has 0 amide bonds. The Labute approximate surface area is 154 Å². The zero-order valence-electron chi connectivity index (χ0n) is 12.9. The van der Waals surface area contributed by atoms with Crippen molar-refractivity contribution in [3.8, 4) is 23.0 Å². The van der Waals surface area contributed by atoms with Gasteiger partial charge in [0.1, 0.15) is 5.75 Å². The van der Waals surface area contributed by atoms with Crippen molar-refractivity contribution >= 4 is 34.1 Å². The number of ether oxygens (including phenoxy) is 1. The summed E-state index contributed by atoms with van der Waals surface area (Å²) >= 11 is 12.2. The predicted molar refractivity (Wildman–Crippen MR) is 99.3 cm³/mol. The summed E-state index contributed by atoms with van der Waals surface area (Å²) < 4.78 is 5.98. The van der Waals surface area contributed by atoms with Crippen LogP contribution in [-0.4, -0.2) is 15.0 Å². The topological polar surface area (TPSA) is 47.9 Å². The van der Waals surface area contributed by atoms with Crippen LogP contribution >= 0.6 is 23.2 Å². The number of hydrogen-bond acceptors (Lipinski definition) is 4. The number of rotatable bonds is 3. The van der Waals surface area contributed by atoms with Crippen LogP contribution in [0.15, 0.2) is 67.0 Å². The minimum absolute atomic E-state index is 0.417. The number of benzene rings is 2. The van der Waals surface area contributed by atoms with Gasteiger partial charge in [-0.05, 0) is 42.5 Å². The SMILES string of the molecule is Clc1ccc(Oc2nc(-c3ccncc3)nc3ccccc23)c(Cl)c1. The van der Waals surface area contributed by atoms with Gasteiger partial charge in [-0.15, -0.1) is 0 Å². The van der Waals surface area contributed by atoms with E-state index >= 15 is 0 Å². The van der Waals surface area contributed by atoms with E-state index in [2.05, 4.69) is 15.0 Å². The van der Waals surface area contributed by atoms with Crippen molar-refractivity contribution in [1.82, 2.24) is 15.0 Å². The second-order valence-electron chi connectivity index (χ2n) is 5.28. The highest BCUT2D eigenvalue weighted by atomic mass is 35.5. The Bertz CT molecular complexity index is 1050. The lowest BCUT2D eigenvalue weighted by Gasteiger charge is -2.11. The van der Waals surface area contributed by atoms with E-state index in [1.807, 2.05) is 36.4 Å². The van der Waals surface area contributed by atoms with E-state index in [1.54, 1.807) is 30.6 Å². The van der Waals surface area contributed by atoms with Crippen LogP contribution < -0.4 is 4.74 Å². The molecule has 25 heavy (non-hydrogen) atoms. The zero-order chi connectivity index (χ0) is 17.2. The maximum absolute atomic E-state index is 6.23. The third kappa shape index (κ3) is 3.27. The summed E-state index contributed by atoms with van der Waals surface area (Å²) in [5.41, 5.74) is 1.64. The van der Waals surface area contributed by atoms with Gasteiger partial charge in [-0.3, -0.25) is 4.98 Å². The highest BCUT2D eigenvalue weighted by Crippen LogP contribution is 2.34. The molecule has 0 aliphatic rings. The molecule has 6 heteroatoms. The Balaban J connectivity index is 1.86. The van der Waals surface area contributed by atoms with E-state index in [0.29, 0.717) is 27.5 Å². The van der Waals surface area contributed by atoms with Gasteiger partial charge in [0.25, 0.3) is 0 Å². The van der Waals surface area contributed by atoms with Gasteiger partial charge in [0, 0.05) is 23.0 Å². The number of aromatic nitrogens is 3. The molecule has 2 heterocycles. The minimum Gasteiger partial charge on any atom is -0.437 e. The Hall–Kier alpha value is -2.69. The second kappa shape index (κ2) is 6.67. The zero-order valence-corrected chi connectivity index (χ0v) is 14.4. The summed E-state index contributed by atoms with van der Waals surface area (Å²) in [5, 5.41) is 1.76. The average Bonchev–Trinajstić information content (AvgIpc) is 2.64. The molecule has 0 saturated heterocycles. The average molecular weight is 368 g/mol. The van der Waals surface area contributed by atoms with Gasteiger partial charge in [0.15, 0.2) is 5.82 Å². The molecule has 0 spiro atoms. The second-order valence-corrected chi connectivity index (χ2v) is 6.13. The lowest BCUT2D eigenvalue weighted by Crippen LogP contribution is -1.96. The van der Waals surface area contributed by atoms with Crippen LogP contribution in [0.4, 0.5) is 0 Å². The molecule has 4 nitrogen and oxygen atoms in total. The van der Waals surface area contributed by atoms with Gasteiger partial charge in [-0.25, -0.2) is 4.98 Å². The number of nitrogens with zero attached hydrogens (tertiary/aromatic N) is 3. The molecular weight excluding hydrogens is 357 g/mol. The Kier molecular flexibility index (Phi) is 4.22. The van der Waals surface area contributed by atoms with Crippen LogP contribution in [0.2, 0.25) is 10.0 Å². The van der Waals surface area contributed by atoms with E-state index in [4.69, 9.17) is 27.9 Å². The molecule has 0 aliphatic heterocycles. The van der Waals surface area contributed by atoms with Crippen LogP contribution in [-0.2, 0) is 0 Å². The van der Waals surface area contributed by atoms with Gasteiger partial charge >= 0.3 is 0 Å². The molecule has 0 bridgehead atoms. The van der Waals surface area contributed by atoms with Gasteiger partial charge in [-0.1, -0.05) is 35.3 Å². The summed E-state index contributed by atoms with van der Waals surface area (Å²) in [6, 6.07) is 16.4. The molecule has 0 N–H and O–H groups in total. The first-order valence-corrected chi connectivity index (χ1v) is 8.26. The van der Waals surface area contributed by atoms with E-state index in [9.17, 15) is 0 Å². The molecule has 0 radical (unpaired) electrons.